The summed E-state index contributed by atoms with van der Waals surface area (Å²) in [5.74, 6) is -1.16. The Hall–Kier alpha value is -3.25. The maximum absolute atomic E-state index is 13.7. The van der Waals surface area contributed by atoms with Crippen molar-refractivity contribution in [3.05, 3.63) is 46.0 Å². The van der Waals surface area contributed by atoms with Crippen LogP contribution in [0.5, 0.6) is 0 Å². The van der Waals surface area contributed by atoms with Crippen LogP contribution in [-0.4, -0.2) is 78.9 Å². The van der Waals surface area contributed by atoms with E-state index in [1.54, 1.807) is 6.92 Å². The molecule has 1 aromatic rings. The summed E-state index contributed by atoms with van der Waals surface area (Å²) in [7, 11) is 0. The van der Waals surface area contributed by atoms with Gasteiger partial charge in [0.15, 0.2) is 0 Å². The predicted molar refractivity (Wildman–Crippen MR) is 143 cm³/mol. The Labute approximate surface area is 229 Å². The van der Waals surface area contributed by atoms with E-state index in [0.29, 0.717) is 64.5 Å². The number of benzene rings is 1. The van der Waals surface area contributed by atoms with Crippen LogP contribution in [0.1, 0.15) is 63.9 Å². The fourth-order valence-electron chi connectivity index (χ4n) is 4.57. The topological polar surface area (TPSA) is 163 Å². The van der Waals surface area contributed by atoms with Gasteiger partial charge in [0.25, 0.3) is 5.09 Å². The number of esters is 2. The molecule has 12 heteroatoms. The number of likely N-dealkylation sites (tertiary alicyclic amines) is 1. The van der Waals surface area contributed by atoms with Crippen molar-refractivity contribution in [2.45, 2.75) is 82.8 Å². The van der Waals surface area contributed by atoms with Crippen LogP contribution >= 0.6 is 0 Å². The van der Waals surface area contributed by atoms with E-state index in [0.717, 1.165) is 12.0 Å². The fourth-order valence-corrected chi connectivity index (χ4v) is 4.57. The number of nitrogens with two attached hydrogens (primary N) is 1. The molecule has 3 N–H and O–H groups in total. The van der Waals surface area contributed by atoms with Crippen LogP contribution in [0.4, 0.5) is 0 Å². The average molecular weight is 551 g/mol. The van der Waals surface area contributed by atoms with Crippen LogP contribution in [0, 0.1) is 10.1 Å². The third-order valence-electron chi connectivity index (χ3n) is 6.57. The Morgan fingerprint density at radius 2 is 1.82 bits per heavy atom. The molecule has 1 aliphatic heterocycles. The van der Waals surface area contributed by atoms with Crippen LogP contribution in [0.2, 0.25) is 0 Å². The second-order valence-electron chi connectivity index (χ2n) is 9.45. The fraction of sp³-hybridized carbons (Fsp3) is 0.667. The van der Waals surface area contributed by atoms with E-state index in [2.05, 4.69) is 10.2 Å². The Morgan fingerprint density at radius 1 is 1.08 bits per heavy atom. The summed E-state index contributed by atoms with van der Waals surface area (Å²) in [6, 6.07) is 7.70. The molecule has 1 aliphatic rings. The molecule has 2 rings (SSSR count). The highest BCUT2D eigenvalue weighted by Gasteiger charge is 2.39. The van der Waals surface area contributed by atoms with E-state index >= 15 is 0 Å². The molecular formula is C27H42N4O8. The van der Waals surface area contributed by atoms with Crippen molar-refractivity contribution in [3.63, 3.8) is 0 Å². The molecule has 0 aliphatic carbocycles. The van der Waals surface area contributed by atoms with Gasteiger partial charge in [0.05, 0.1) is 25.9 Å². The molecule has 1 fully saturated rings. The van der Waals surface area contributed by atoms with Crippen LogP contribution in [0.15, 0.2) is 30.3 Å². The quantitative estimate of drug-likeness (QED) is 0.113. The molecule has 0 saturated carbocycles. The largest absolute Gasteiger partial charge is 0.465 e. The number of rotatable bonds is 19. The standard InChI is InChI=1S/C27H42N4O8/c1-2-37-26(33)23(16-15-21-11-4-3-5-12-21)29-22(13-6-7-17-28)25(32)30-18-10-14-24(30)27(34)38-19-8-9-20-39-31(35)36/h3-5,11-12,22-24,29H,2,6-10,13-20,28H2,1H3. The number of nitrogens with zero attached hydrogens (tertiary/aromatic N) is 2. The minimum atomic E-state index is -0.861. The molecule has 12 nitrogen and oxygen atoms in total. The zero-order valence-electron chi connectivity index (χ0n) is 22.8. The first kappa shape index (κ1) is 32.0. The van der Waals surface area contributed by atoms with Gasteiger partial charge in [0.2, 0.25) is 5.91 Å². The van der Waals surface area contributed by atoms with E-state index in [1.807, 2.05) is 30.3 Å². The molecule has 1 amide bonds. The molecule has 0 radical (unpaired) electrons. The molecule has 1 saturated heterocycles. The van der Waals surface area contributed by atoms with Crippen molar-refractivity contribution in [1.29, 1.82) is 0 Å². The van der Waals surface area contributed by atoms with E-state index in [1.165, 1.54) is 4.90 Å². The van der Waals surface area contributed by atoms with Crippen LogP contribution < -0.4 is 11.1 Å². The number of hydrogen-bond donors (Lipinski definition) is 2. The number of unbranched alkanes of at least 4 members (excludes halogenated alkanes) is 2. The van der Waals surface area contributed by atoms with Gasteiger partial charge in [-0.3, -0.25) is 14.9 Å². The lowest BCUT2D eigenvalue weighted by Crippen LogP contribution is -2.54. The summed E-state index contributed by atoms with van der Waals surface area (Å²) < 4.78 is 10.7. The van der Waals surface area contributed by atoms with Gasteiger partial charge in [-0.15, -0.1) is 10.1 Å². The van der Waals surface area contributed by atoms with Gasteiger partial charge in [0, 0.05) is 6.54 Å². The zero-order chi connectivity index (χ0) is 28.5. The van der Waals surface area contributed by atoms with E-state index in [4.69, 9.17) is 15.2 Å². The minimum absolute atomic E-state index is 0.0688. The molecule has 0 aromatic heterocycles. The molecule has 0 spiro atoms. The summed E-state index contributed by atoms with van der Waals surface area (Å²) in [4.78, 5) is 55.3. The highest BCUT2D eigenvalue weighted by atomic mass is 16.9. The molecule has 3 unspecified atom stereocenters. The maximum Gasteiger partial charge on any atom is 0.328 e. The molecule has 39 heavy (non-hydrogen) atoms. The SMILES string of the molecule is CCOC(=O)C(CCc1ccccc1)NC(CCCCN)C(=O)N1CCCC1C(=O)OCCCCO[N+](=O)[O-]. The first-order chi connectivity index (χ1) is 18.9. The van der Waals surface area contributed by atoms with Gasteiger partial charge < -0.3 is 24.9 Å². The Morgan fingerprint density at radius 3 is 2.51 bits per heavy atom. The number of carbonyl (C=O) groups is 3. The summed E-state index contributed by atoms with van der Waals surface area (Å²) >= 11 is 0. The van der Waals surface area contributed by atoms with Gasteiger partial charge in [-0.2, -0.15) is 0 Å². The molecule has 1 aromatic carbocycles. The second kappa shape index (κ2) is 18.1. The normalized spacial score (nSPS) is 16.4. The van der Waals surface area contributed by atoms with E-state index in [9.17, 15) is 24.5 Å². The summed E-state index contributed by atoms with van der Waals surface area (Å²) in [6.45, 7) is 2.89. The van der Waals surface area contributed by atoms with E-state index in [-0.39, 0.29) is 25.7 Å². The number of amides is 1. The van der Waals surface area contributed by atoms with Crippen LogP contribution in [0.3, 0.4) is 0 Å². The zero-order valence-corrected chi connectivity index (χ0v) is 22.8. The van der Waals surface area contributed by atoms with E-state index < -0.39 is 35.2 Å². The highest BCUT2D eigenvalue weighted by Crippen LogP contribution is 2.22. The lowest BCUT2D eigenvalue weighted by atomic mass is 10.0. The van der Waals surface area contributed by atoms with Crippen LogP contribution in [-0.2, 0) is 35.1 Å². The smallest absolute Gasteiger partial charge is 0.328 e. The van der Waals surface area contributed by atoms with Crippen molar-refractivity contribution in [2.75, 3.05) is 32.9 Å². The van der Waals surface area contributed by atoms with Gasteiger partial charge in [-0.1, -0.05) is 36.8 Å². The Kier molecular flexibility index (Phi) is 14.8. The minimum Gasteiger partial charge on any atom is -0.465 e. The average Bonchev–Trinajstić information content (AvgIpc) is 3.42. The van der Waals surface area contributed by atoms with Gasteiger partial charge >= 0.3 is 11.9 Å². The number of hydrogen-bond acceptors (Lipinski definition) is 10. The lowest BCUT2D eigenvalue weighted by molar-refractivity contribution is -0.757. The number of nitrogens with one attached hydrogen (secondary N) is 1. The molecule has 0 bridgehead atoms. The third kappa shape index (κ3) is 11.6. The number of carbonyl (C=O) groups excluding carboxylic acids is 3. The molecule has 1 heterocycles. The maximum atomic E-state index is 13.7. The first-order valence-electron chi connectivity index (χ1n) is 13.8. The number of aryl methyl sites for hydroxylation is 1. The predicted octanol–water partition coefficient (Wildman–Crippen LogP) is 2.16. The Balaban J connectivity index is 2.05. The third-order valence-corrected chi connectivity index (χ3v) is 6.57. The Bertz CT molecular complexity index is 901. The highest BCUT2D eigenvalue weighted by molar-refractivity contribution is 5.89. The molecular weight excluding hydrogens is 508 g/mol. The second-order valence-corrected chi connectivity index (χ2v) is 9.45. The van der Waals surface area contributed by atoms with Gasteiger partial charge in [-0.25, -0.2) is 4.79 Å². The summed E-state index contributed by atoms with van der Waals surface area (Å²) in [6.07, 6.45) is 4.88. The van der Waals surface area contributed by atoms with Crippen molar-refractivity contribution >= 4 is 17.8 Å². The van der Waals surface area contributed by atoms with Crippen molar-refractivity contribution in [1.82, 2.24) is 10.2 Å². The number of ether oxygens (including phenoxy) is 2. The molecule has 3 atom stereocenters. The van der Waals surface area contributed by atoms with Gasteiger partial charge in [-0.05, 0) is 70.4 Å². The summed E-state index contributed by atoms with van der Waals surface area (Å²) in [5, 5.41) is 12.6. The summed E-state index contributed by atoms with van der Waals surface area (Å²) in [5.41, 5.74) is 6.75. The van der Waals surface area contributed by atoms with Crippen LogP contribution in [0.25, 0.3) is 0 Å². The van der Waals surface area contributed by atoms with Crippen molar-refractivity contribution < 1.29 is 33.8 Å². The van der Waals surface area contributed by atoms with Gasteiger partial charge in [0.1, 0.15) is 12.1 Å². The lowest BCUT2D eigenvalue weighted by Gasteiger charge is -2.30. The van der Waals surface area contributed by atoms with Crippen molar-refractivity contribution in [3.8, 4) is 0 Å². The monoisotopic (exact) mass is 550 g/mol. The molecule has 218 valence electrons. The van der Waals surface area contributed by atoms with Crippen molar-refractivity contribution in [2.24, 2.45) is 5.73 Å². The first-order valence-corrected chi connectivity index (χ1v) is 13.8.